The third kappa shape index (κ3) is 4.87. The Hall–Kier alpha value is -1.89. The van der Waals surface area contributed by atoms with Crippen molar-refractivity contribution in [3.63, 3.8) is 0 Å². The molecule has 0 spiro atoms. The molecule has 3 aliphatic rings. The molecule has 2 saturated heterocycles. The van der Waals surface area contributed by atoms with Gasteiger partial charge in [0.2, 0.25) is 26.0 Å². The van der Waals surface area contributed by atoms with Gasteiger partial charge in [-0.25, -0.2) is 21.1 Å². The Labute approximate surface area is 189 Å². The van der Waals surface area contributed by atoms with Gasteiger partial charge in [0.1, 0.15) is 13.2 Å². The van der Waals surface area contributed by atoms with Crippen molar-refractivity contribution < 1.29 is 31.1 Å². The SMILES string of the molecule is CS(=O)(=O)N1CCCN(C(=O)C2CCN(S(=O)(=O)c3ccc4c(c3)OCCO4)CC2)CC1. The Balaban J connectivity index is 1.37. The maximum absolute atomic E-state index is 13.1. The van der Waals surface area contributed by atoms with E-state index in [2.05, 4.69) is 0 Å². The number of benzene rings is 1. The Kier molecular flexibility index (Phi) is 6.66. The van der Waals surface area contributed by atoms with E-state index >= 15 is 0 Å². The average Bonchev–Trinajstić information content (AvgIpc) is 3.05. The summed E-state index contributed by atoms with van der Waals surface area (Å²) in [6.45, 7) is 2.91. The lowest BCUT2D eigenvalue weighted by Gasteiger charge is -2.33. The summed E-state index contributed by atoms with van der Waals surface area (Å²) in [5.74, 6) is 0.682. The summed E-state index contributed by atoms with van der Waals surface area (Å²) in [5.41, 5.74) is 0. The van der Waals surface area contributed by atoms with Crippen LogP contribution in [0.25, 0.3) is 0 Å². The maximum atomic E-state index is 13.1. The van der Waals surface area contributed by atoms with Gasteiger partial charge in [-0.05, 0) is 31.4 Å². The van der Waals surface area contributed by atoms with Gasteiger partial charge in [0, 0.05) is 51.3 Å². The zero-order chi connectivity index (χ0) is 22.9. The summed E-state index contributed by atoms with van der Waals surface area (Å²) < 4.78 is 63.6. The number of amides is 1. The van der Waals surface area contributed by atoms with Crippen molar-refractivity contribution in [3.8, 4) is 11.5 Å². The first kappa shape index (κ1) is 23.3. The molecular weight excluding hydrogens is 458 g/mol. The van der Waals surface area contributed by atoms with Crippen molar-refractivity contribution in [1.29, 1.82) is 0 Å². The topological polar surface area (TPSA) is 114 Å². The van der Waals surface area contributed by atoms with Crippen LogP contribution in [-0.2, 0) is 24.8 Å². The van der Waals surface area contributed by atoms with Gasteiger partial charge in [-0.3, -0.25) is 4.79 Å². The minimum atomic E-state index is -3.70. The smallest absolute Gasteiger partial charge is 0.243 e. The number of sulfonamides is 2. The highest BCUT2D eigenvalue weighted by molar-refractivity contribution is 7.89. The highest BCUT2D eigenvalue weighted by atomic mass is 32.2. The van der Waals surface area contributed by atoms with Gasteiger partial charge >= 0.3 is 0 Å². The third-order valence-electron chi connectivity index (χ3n) is 6.19. The predicted octanol–water partition coefficient (Wildman–Crippen LogP) is 0.352. The van der Waals surface area contributed by atoms with Crippen molar-refractivity contribution >= 4 is 26.0 Å². The Morgan fingerprint density at radius 2 is 1.56 bits per heavy atom. The molecule has 0 radical (unpaired) electrons. The van der Waals surface area contributed by atoms with Crippen LogP contribution in [0.1, 0.15) is 19.3 Å². The molecule has 1 aromatic carbocycles. The summed E-state index contributed by atoms with van der Waals surface area (Å²) >= 11 is 0. The van der Waals surface area contributed by atoms with E-state index in [0.29, 0.717) is 70.2 Å². The van der Waals surface area contributed by atoms with Crippen LogP contribution in [0.2, 0.25) is 0 Å². The van der Waals surface area contributed by atoms with Crippen molar-refractivity contribution in [1.82, 2.24) is 13.5 Å². The van der Waals surface area contributed by atoms with Gasteiger partial charge in [0.15, 0.2) is 11.5 Å². The second-order valence-electron chi connectivity index (χ2n) is 8.32. The predicted molar refractivity (Wildman–Crippen MR) is 117 cm³/mol. The summed E-state index contributed by atoms with van der Waals surface area (Å²) in [7, 11) is -6.97. The number of nitrogens with zero attached hydrogens (tertiary/aromatic N) is 3. The molecule has 10 nitrogen and oxygen atoms in total. The highest BCUT2D eigenvalue weighted by Gasteiger charge is 2.35. The molecule has 12 heteroatoms. The quantitative estimate of drug-likeness (QED) is 0.602. The fourth-order valence-corrected chi connectivity index (χ4v) is 6.74. The number of hydrogen-bond donors (Lipinski definition) is 0. The first-order valence-electron chi connectivity index (χ1n) is 10.8. The number of carbonyl (C=O) groups excluding carboxylic acids is 1. The Morgan fingerprint density at radius 3 is 2.25 bits per heavy atom. The number of rotatable bonds is 4. The van der Waals surface area contributed by atoms with E-state index in [1.807, 2.05) is 0 Å². The van der Waals surface area contributed by atoms with Gasteiger partial charge in [0.05, 0.1) is 11.2 Å². The van der Waals surface area contributed by atoms with E-state index in [9.17, 15) is 21.6 Å². The Bertz CT molecular complexity index is 1070. The minimum absolute atomic E-state index is 0.0169. The van der Waals surface area contributed by atoms with E-state index in [1.165, 1.54) is 27.0 Å². The number of fused-ring (bicyclic) bond motifs is 1. The van der Waals surface area contributed by atoms with Crippen molar-refractivity contribution in [2.24, 2.45) is 5.92 Å². The van der Waals surface area contributed by atoms with Crippen LogP contribution in [0, 0.1) is 5.92 Å². The monoisotopic (exact) mass is 487 g/mol. The molecule has 1 aromatic rings. The molecule has 4 rings (SSSR count). The number of hydrogen-bond acceptors (Lipinski definition) is 7. The lowest BCUT2D eigenvalue weighted by Crippen LogP contribution is -2.45. The van der Waals surface area contributed by atoms with Gasteiger partial charge in [-0.1, -0.05) is 0 Å². The van der Waals surface area contributed by atoms with Crippen LogP contribution in [0.3, 0.4) is 0 Å². The number of piperidine rings is 1. The molecule has 0 bridgehead atoms. The molecule has 0 unspecified atom stereocenters. The van der Waals surface area contributed by atoms with E-state index in [-0.39, 0.29) is 29.8 Å². The minimum Gasteiger partial charge on any atom is -0.486 e. The molecule has 0 aromatic heterocycles. The zero-order valence-corrected chi connectivity index (χ0v) is 19.7. The fraction of sp³-hybridized carbons (Fsp3) is 0.650. The van der Waals surface area contributed by atoms with Crippen LogP contribution >= 0.6 is 0 Å². The molecule has 2 fully saturated rings. The second-order valence-corrected chi connectivity index (χ2v) is 12.2. The van der Waals surface area contributed by atoms with E-state index in [0.717, 1.165) is 0 Å². The van der Waals surface area contributed by atoms with E-state index in [4.69, 9.17) is 9.47 Å². The van der Waals surface area contributed by atoms with Gasteiger partial charge in [-0.2, -0.15) is 4.31 Å². The van der Waals surface area contributed by atoms with Crippen molar-refractivity contribution in [2.75, 3.05) is 58.7 Å². The average molecular weight is 488 g/mol. The van der Waals surface area contributed by atoms with Crippen LogP contribution in [0.5, 0.6) is 11.5 Å². The molecule has 0 N–H and O–H groups in total. The van der Waals surface area contributed by atoms with Crippen LogP contribution < -0.4 is 9.47 Å². The molecule has 0 aliphatic carbocycles. The largest absolute Gasteiger partial charge is 0.486 e. The normalized spacial score (nSPS) is 21.8. The van der Waals surface area contributed by atoms with Crippen molar-refractivity contribution in [2.45, 2.75) is 24.2 Å². The first-order chi connectivity index (χ1) is 15.2. The van der Waals surface area contributed by atoms with E-state index < -0.39 is 20.0 Å². The second kappa shape index (κ2) is 9.16. The molecule has 1 amide bonds. The molecule has 32 heavy (non-hydrogen) atoms. The molecule has 3 heterocycles. The molecule has 0 atom stereocenters. The molecule has 178 valence electrons. The van der Waals surface area contributed by atoms with Crippen LogP contribution in [0.4, 0.5) is 0 Å². The lowest BCUT2D eigenvalue weighted by atomic mass is 9.96. The Morgan fingerprint density at radius 1 is 0.875 bits per heavy atom. The highest BCUT2D eigenvalue weighted by Crippen LogP contribution is 2.34. The standard InChI is InChI=1S/C20H29N3O7S2/c1-31(25,26)22-8-2-7-21(11-12-22)20(24)16-5-9-23(10-6-16)32(27,28)17-3-4-18-19(15-17)30-14-13-29-18/h3-4,15-16H,2,5-14H2,1H3. The summed E-state index contributed by atoms with van der Waals surface area (Å²) in [6.07, 6.45) is 2.66. The van der Waals surface area contributed by atoms with Crippen molar-refractivity contribution in [3.05, 3.63) is 18.2 Å². The summed E-state index contributed by atoms with van der Waals surface area (Å²) in [4.78, 5) is 14.9. The van der Waals surface area contributed by atoms with Crippen LogP contribution in [-0.4, -0.2) is 95.0 Å². The van der Waals surface area contributed by atoms with Gasteiger partial charge in [0.25, 0.3) is 0 Å². The zero-order valence-electron chi connectivity index (χ0n) is 18.1. The van der Waals surface area contributed by atoms with Gasteiger partial charge < -0.3 is 14.4 Å². The lowest BCUT2D eigenvalue weighted by molar-refractivity contribution is -0.136. The summed E-state index contributed by atoms with van der Waals surface area (Å²) in [5, 5.41) is 0. The third-order valence-corrected chi connectivity index (χ3v) is 9.39. The number of carbonyl (C=O) groups is 1. The molecular formula is C20H29N3O7S2. The summed E-state index contributed by atoms with van der Waals surface area (Å²) in [6, 6.07) is 4.62. The number of ether oxygens (including phenoxy) is 2. The maximum Gasteiger partial charge on any atom is 0.243 e. The van der Waals surface area contributed by atoms with Crippen LogP contribution in [0.15, 0.2) is 23.1 Å². The molecule has 3 aliphatic heterocycles. The van der Waals surface area contributed by atoms with E-state index in [1.54, 1.807) is 11.0 Å². The fourth-order valence-electron chi connectivity index (χ4n) is 4.38. The first-order valence-corrected chi connectivity index (χ1v) is 14.1. The molecule has 0 saturated carbocycles. The van der Waals surface area contributed by atoms with Gasteiger partial charge in [-0.15, -0.1) is 0 Å².